The maximum atomic E-state index is 2.46. The smallest absolute Gasteiger partial charge is 0.0541 e. The second-order valence-corrected chi connectivity index (χ2v) is 12.6. The quantitative estimate of drug-likeness (QED) is 0.178. The average molecular weight is 627 g/mol. The van der Waals surface area contributed by atoms with Crippen LogP contribution in [0.1, 0.15) is 5.56 Å². The molecule has 1 aromatic heterocycles. The molecule has 9 rings (SSSR count). The van der Waals surface area contributed by atoms with Gasteiger partial charge in [-0.25, -0.2) is 0 Å². The zero-order chi connectivity index (χ0) is 32.7. The van der Waals surface area contributed by atoms with Crippen molar-refractivity contribution in [3.8, 4) is 27.9 Å². The molecule has 8 aromatic carbocycles. The normalized spacial score (nSPS) is 11.4. The predicted octanol–water partition coefficient (Wildman–Crippen LogP) is 13.0. The van der Waals surface area contributed by atoms with E-state index in [-0.39, 0.29) is 0 Å². The highest BCUT2D eigenvalue weighted by Gasteiger charge is 2.23. The van der Waals surface area contributed by atoms with Gasteiger partial charge in [0.05, 0.1) is 33.8 Å². The maximum absolute atomic E-state index is 2.46. The molecule has 9 aromatic rings. The van der Waals surface area contributed by atoms with Crippen molar-refractivity contribution in [1.82, 2.24) is 4.57 Å². The van der Waals surface area contributed by atoms with E-state index >= 15 is 0 Å². The van der Waals surface area contributed by atoms with Gasteiger partial charge in [-0.05, 0) is 60.3 Å². The second-order valence-electron chi connectivity index (χ2n) is 12.6. The van der Waals surface area contributed by atoms with Gasteiger partial charge in [0.2, 0.25) is 0 Å². The van der Waals surface area contributed by atoms with E-state index in [1.165, 1.54) is 54.8 Å². The largest absolute Gasteiger partial charge is 0.309 e. The van der Waals surface area contributed by atoms with Crippen molar-refractivity contribution in [1.29, 1.82) is 0 Å². The van der Waals surface area contributed by atoms with Gasteiger partial charge in [-0.3, -0.25) is 0 Å². The molecule has 1 heterocycles. The van der Waals surface area contributed by atoms with Crippen LogP contribution in [0.2, 0.25) is 0 Å². The molecule has 0 aliphatic carbocycles. The second kappa shape index (κ2) is 12.0. The van der Waals surface area contributed by atoms with Crippen molar-refractivity contribution in [2.45, 2.75) is 6.92 Å². The first-order chi connectivity index (χ1) is 24.3. The first-order valence-electron chi connectivity index (χ1n) is 16.9. The van der Waals surface area contributed by atoms with Crippen molar-refractivity contribution < 1.29 is 0 Å². The fraction of sp³-hybridized carbons (Fsp3) is 0.0213. The molecule has 0 aliphatic heterocycles. The van der Waals surface area contributed by atoms with Crippen LogP contribution in [0.5, 0.6) is 0 Å². The molecule has 0 fully saturated rings. The van der Waals surface area contributed by atoms with Gasteiger partial charge in [0.25, 0.3) is 0 Å². The van der Waals surface area contributed by atoms with Crippen LogP contribution in [0.15, 0.2) is 188 Å². The first kappa shape index (κ1) is 28.8. The number of nitrogens with zero attached hydrogens (tertiary/aromatic N) is 2. The SMILES string of the molecule is Cc1ccc2c(c1)c1ccccc1n2-c1ccccc1-c1ccccc1N(c1ccccc1-c1ccccc1)c1cccc2ccccc12. The predicted molar refractivity (Wildman–Crippen MR) is 209 cm³/mol. The summed E-state index contributed by atoms with van der Waals surface area (Å²) in [6, 6.07) is 68.1. The number of para-hydroxylation sites is 4. The zero-order valence-corrected chi connectivity index (χ0v) is 27.3. The Morgan fingerprint density at radius 3 is 1.80 bits per heavy atom. The number of hydrogen-bond donors (Lipinski definition) is 0. The Kier molecular flexibility index (Phi) is 7.06. The Morgan fingerprint density at radius 1 is 0.388 bits per heavy atom. The maximum Gasteiger partial charge on any atom is 0.0541 e. The van der Waals surface area contributed by atoms with Crippen molar-refractivity contribution >= 4 is 49.6 Å². The summed E-state index contributed by atoms with van der Waals surface area (Å²) in [6.45, 7) is 2.17. The van der Waals surface area contributed by atoms with Gasteiger partial charge in [-0.1, -0.05) is 151 Å². The lowest BCUT2D eigenvalue weighted by molar-refractivity contribution is 1.18. The molecular weight excluding hydrogens is 593 g/mol. The molecule has 2 nitrogen and oxygen atoms in total. The third-order valence-corrected chi connectivity index (χ3v) is 9.65. The van der Waals surface area contributed by atoms with E-state index in [1.54, 1.807) is 0 Å². The summed E-state index contributed by atoms with van der Waals surface area (Å²) in [5.74, 6) is 0. The van der Waals surface area contributed by atoms with Crippen LogP contribution in [-0.2, 0) is 0 Å². The van der Waals surface area contributed by atoms with Crippen LogP contribution < -0.4 is 4.90 Å². The minimum absolute atomic E-state index is 1.12. The summed E-state index contributed by atoms with van der Waals surface area (Å²) in [6.07, 6.45) is 0. The van der Waals surface area contributed by atoms with Crippen molar-refractivity contribution in [3.63, 3.8) is 0 Å². The molecule has 0 saturated carbocycles. The van der Waals surface area contributed by atoms with E-state index in [0.717, 1.165) is 28.3 Å². The summed E-state index contributed by atoms with van der Waals surface area (Å²) in [4.78, 5) is 2.46. The average Bonchev–Trinajstić information content (AvgIpc) is 3.49. The molecule has 2 heteroatoms. The van der Waals surface area contributed by atoms with Crippen LogP contribution in [0, 0.1) is 6.92 Å². The summed E-state index contributed by atoms with van der Waals surface area (Å²) in [5, 5.41) is 4.95. The standard InChI is InChI=1S/C47H34N2/c1-33-30-31-47-41(32-33)40-24-10-14-28-46(40)49(47)45-27-13-9-23-39(45)38-22-8-12-26-44(38)48(43-29-15-19-35-18-5-6-20-37(35)43)42-25-11-7-21-36(42)34-16-3-2-4-17-34/h2-32H,1H3. The topological polar surface area (TPSA) is 8.17 Å². The van der Waals surface area contributed by atoms with E-state index in [2.05, 4.69) is 204 Å². The molecule has 0 radical (unpaired) electrons. The summed E-state index contributed by atoms with van der Waals surface area (Å²) in [5.41, 5.74) is 12.9. The molecule has 0 spiro atoms. The molecule has 49 heavy (non-hydrogen) atoms. The van der Waals surface area contributed by atoms with Crippen LogP contribution in [0.25, 0.3) is 60.5 Å². The fourth-order valence-corrected chi connectivity index (χ4v) is 7.46. The van der Waals surface area contributed by atoms with Crippen LogP contribution in [0.3, 0.4) is 0 Å². The minimum atomic E-state index is 1.12. The third kappa shape index (κ3) is 4.89. The van der Waals surface area contributed by atoms with E-state index in [1.807, 2.05) is 0 Å². The van der Waals surface area contributed by atoms with E-state index < -0.39 is 0 Å². The number of benzene rings is 8. The lowest BCUT2D eigenvalue weighted by Gasteiger charge is -2.31. The van der Waals surface area contributed by atoms with Gasteiger partial charge in [0.15, 0.2) is 0 Å². The van der Waals surface area contributed by atoms with Gasteiger partial charge < -0.3 is 9.47 Å². The van der Waals surface area contributed by atoms with Crippen molar-refractivity contribution in [2.75, 3.05) is 4.90 Å². The Balaban J connectivity index is 1.35. The van der Waals surface area contributed by atoms with Gasteiger partial charge >= 0.3 is 0 Å². The number of aromatic nitrogens is 1. The molecule has 0 N–H and O–H groups in total. The van der Waals surface area contributed by atoms with Crippen LogP contribution in [-0.4, -0.2) is 4.57 Å². The number of rotatable bonds is 6. The highest BCUT2D eigenvalue weighted by Crippen LogP contribution is 2.48. The molecule has 0 atom stereocenters. The Morgan fingerprint density at radius 2 is 0.959 bits per heavy atom. The lowest BCUT2D eigenvalue weighted by Crippen LogP contribution is -2.13. The van der Waals surface area contributed by atoms with Crippen molar-refractivity contribution in [3.05, 3.63) is 194 Å². The zero-order valence-electron chi connectivity index (χ0n) is 27.3. The van der Waals surface area contributed by atoms with Crippen LogP contribution >= 0.6 is 0 Å². The van der Waals surface area contributed by atoms with Gasteiger partial charge in [-0.15, -0.1) is 0 Å². The lowest BCUT2D eigenvalue weighted by atomic mass is 9.97. The van der Waals surface area contributed by atoms with Gasteiger partial charge in [0, 0.05) is 32.8 Å². The molecule has 0 aliphatic rings. The highest BCUT2D eigenvalue weighted by molar-refractivity contribution is 6.10. The summed E-state index contributed by atoms with van der Waals surface area (Å²) < 4.78 is 2.44. The number of fused-ring (bicyclic) bond motifs is 4. The highest BCUT2D eigenvalue weighted by atomic mass is 15.1. The molecule has 0 unspecified atom stereocenters. The third-order valence-electron chi connectivity index (χ3n) is 9.65. The molecule has 0 amide bonds. The van der Waals surface area contributed by atoms with Crippen LogP contribution in [0.4, 0.5) is 17.1 Å². The molecular formula is C47H34N2. The Labute approximate surface area is 286 Å². The van der Waals surface area contributed by atoms with Crippen molar-refractivity contribution in [2.24, 2.45) is 0 Å². The molecule has 232 valence electrons. The Bertz CT molecular complexity index is 2620. The number of anilines is 3. The monoisotopic (exact) mass is 626 g/mol. The van der Waals surface area contributed by atoms with E-state index in [4.69, 9.17) is 0 Å². The van der Waals surface area contributed by atoms with Gasteiger partial charge in [0.1, 0.15) is 0 Å². The summed E-state index contributed by atoms with van der Waals surface area (Å²) >= 11 is 0. The molecule has 0 saturated heterocycles. The number of hydrogen-bond acceptors (Lipinski definition) is 1. The summed E-state index contributed by atoms with van der Waals surface area (Å²) in [7, 11) is 0. The fourth-order valence-electron chi connectivity index (χ4n) is 7.46. The first-order valence-corrected chi connectivity index (χ1v) is 16.9. The Hall–Kier alpha value is -6.38. The minimum Gasteiger partial charge on any atom is -0.309 e. The van der Waals surface area contributed by atoms with E-state index in [0.29, 0.717) is 0 Å². The van der Waals surface area contributed by atoms with Gasteiger partial charge in [-0.2, -0.15) is 0 Å². The number of aryl methyl sites for hydroxylation is 1. The molecule has 0 bridgehead atoms. The van der Waals surface area contributed by atoms with E-state index in [9.17, 15) is 0 Å².